The van der Waals surface area contributed by atoms with Crippen LogP contribution < -0.4 is 15.8 Å². The number of nitrogens with zero attached hydrogens (tertiary/aromatic N) is 2. The summed E-state index contributed by atoms with van der Waals surface area (Å²) in [5, 5.41) is 3.50. The van der Waals surface area contributed by atoms with Crippen LogP contribution in [0.15, 0.2) is 89.8 Å². The minimum atomic E-state index is -0.128. The van der Waals surface area contributed by atoms with Gasteiger partial charge in [0.15, 0.2) is 0 Å². The predicted octanol–water partition coefficient (Wildman–Crippen LogP) is 5.95. The van der Waals surface area contributed by atoms with Crippen molar-refractivity contribution in [1.29, 1.82) is 0 Å². The van der Waals surface area contributed by atoms with E-state index in [1.165, 1.54) is 5.69 Å². The van der Waals surface area contributed by atoms with Gasteiger partial charge in [-0.15, -0.1) is 0 Å². The molecule has 1 aliphatic rings. The van der Waals surface area contributed by atoms with E-state index in [4.69, 9.17) is 0 Å². The first-order valence-electron chi connectivity index (χ1n) is 11.3. The smallest absolute Gasteiger partial charge is 0.248 e. The second kappa shape index (κ2) is 10.7. The van der Waals surface area contributed by atoms with Crippen LogP contribution in [0.5, 0.6) is 0 Å². The van der Waals surface area contributed by atoms with Crippen LogP contribution in [0.25, 0.3) is 5.70 Å². The van der Waals surface area contributed by atoms with Crippen LogP contribution in [-0.4, -0.2) is 23.0 Å². The van der Waals surface area contributed by atoms with Gasteiger partial charge < -0.3 is 20.1 Å². The number of rotatable bonds is 9. The van der Waals surface area contributed by atoms with Gasteiger partial charge in [-0.05, 0) is 61.7 Å². The Hall–Kier alpha value is -3.47. The van der Waals surface area contributed by atoms with Crippen molar-refractivity contribution in [2.24, 2.45) is 5.92 Å². The van der Waals surface area contributed by atoms with E-state index in [-0.39, 0.29) is 5.56 Å². The highest BCUT2D eigenvalue weighted by atomic mass is 16.1. The van der Waals surface area contributed by atoms with Crippen molar-refractivity contribution in [1.82, 2.24) is 9.88 Å². The van der Waals surface area contributed by atoms with E-state index in [9.17, 15) is 4.79 Å². The number of hydrogen-bond acceptors (Lipinski definition) is 4. The Balaban J connectivity index is 1.83. The molecule has 2 N–H and O–H groups in total. The average molecular weight is 431 g/mol. The first-order chi connectivity index (χ1) is 15.4. The molecule has 0 amide bonds. The van der Waals surface area contributed by atoms with Gasteiger partial charge >= 0.3 is 0 Å². The second-order valence-electron chi connectivity index (χ2n) is 8.38. The van der Waals surface area contributed by atoms with Crippen LogP contribution in [0.1, 0.15) is 39.7 Å². The molecule has 5 heteroatoms. The molecule has 1 aromatic heterocycles. The zero-order valence-corrected chi connectivity index (χ0v) is 19.6. The Morgan fingerprint density at radius 1 is 1.19 bits per heavy atom. The third kappa shape index (κ3) is 5.61. The number of aromatic nitrogens is 1. The number of anilines is 2. The Morgan fingerprint density at radius 3 is 2.56 bits per heavy atom. The summed E-state index contributed by atoms with van der Waals surface area (Å²) in [5.74, 6) is 0.619. The molecule has 0 saturated carbocycles. The predicted molar refractivity (Wildman–Crippen MR) is 136 cm³/mol. The van der Waals surface area contributed by atoms with E-state index in [0.29, 0.717) is 5.92 Å². The second-order valence-corrected chi connectivity index (χ2v) is 8.38. The first kappa shape index (κ1) is 23.2. The van der Waals surface area contributed by atoms with E-state index in [0.717, 1.165) is 47.9 Å². The summed E-state index contributed by atoms with van der Waals surface area (Å²) in [6.45, 7) is 15.1. The topological polar surface area (TPSA) is 51.4 Å². The number of allylic oxidation sites excluding steroid dienone is 3. The molecule has 0 spiro atoms. The first-order valence-corrected chi connectivity index (χ1v) is 11.3. The molecule has 2 aromatic rings. The van der Waals surface area contributed by atoms with Gasteiger partial charge in [-0.3, -0.25) is 4.79 Å². The van der Waals surface area contributed by atoms with Crippen LogP contribution >= 0.6 is 0 Å². The summed E-state index contributed by atoms with van der Waals surface area (Å²) in [7, 11) is 0. The maximum Gasteiger partial charge on any atom is 0.248 e. The maximum absolute atomic E-state index is 11.8. The third-order valence-corrected chi connectivity index (χ3v) is 5.23. The summed E-state index contributed by atoms with van der Waals surface area (Å²) in [6, 6.07) is 12.1. The number of nitrogens with one attached hydrogen (secondary N) is 2. The number of benzene rings is 1. The number of pyridine rings is 1. The van der Waals surface area contributed by atoms with Crippen LogP contribution in [0.2, 0.25) is 0 Å². The van der Waals surface area contributed by atoms with Crippen molar-refractivity contribution in [3.05, 3.63) is 101 Å². The number of aromatic amines is 1. The Labute approximate surface area is 191 Å². The zero-order valence-electron chi connectivity index (χ0n) is 19.6. The minimum absolute atomic E-state index is 0.128. The molecule has 5 nitrogen and oxygen atoms in total. The summed E-state index contributed by atoms with van der Waals surface area (Å²) in [5.41, 5.74) is 5.61. The zero-order chi connectivity index (χ0) is 23.1. The number of hydrogen-bond donors (Lipinski definition) is 2. The fourth-order valence-electron chi connectivity index (χ4n) is 3.83. The Kier molecular flexibility index (Phi) is 7.77. The summed E-state index contributed by atoms with van der Waals surface area (Å²) in [4.78, 5) is 18.9. The molecule has 0 aliphatic carbocycles. The van der Waals surface area contributed by atoms with E-state index in [1.54, 1.807) is 12.3 Å². The molecule has 1 aromatic carbocycles. The summed E-state index contributed by atoms with van der Waals surface area (Å²) in [6.07, 6.45) is 10.7. The Morgan fingerprint density at radius 2 is 1.94 bits per heavy atom. The molecule has 0 atom stereocenters. The van der Waals surface area contributed by atoms with Crippen molar-refractivity contribution in [2.75, 3.05) is 23.3 Å². The van der Waals surface area contributed by atoms with Gasteiger partial charge in [0.05, 0.1) is 17.1 Å². The molecule has 2 heterocycles. The highest BCUT2D eigenvalue weighted by Crippen LogP contribution is 2.31. The lowest BCUT2D eigenvalue weighted by atomic mass is 10.1. The van der Waals surface area contributed by atoms with Gasteiger partial charge in [-0.25, -0.2) is 0 Å². The van der Waals surface area contributed by atoms with Gasteiger partial charge in [-0.1, -0.05) is 33.4 Å². The quantitative estimate of drug-likeness (QED) is 0.516. The lowest BCUT2D eigenvalue weighted by molar-refractivity contribution is 0.606. The lowest BCUT2D eigenvalue weighted by Gasteiger charge is -2.31. The van der Waals surface area contributed by atoms with Crippen LogP contribution in [-0.2, 0) is 0 Å². The largest absolute Gasteiger partial charge is 0.371 e. The van der Waals surface area contributed by atoms with E-state index >= 15 is 0 Å². The molecule has 0 unspecified atom stereocenters. The van der Waals surface area contributed by atoms with Gasteiger partial charge in [-0.2, -0.15) is 0 Å². The molecule has 0 bridgehead atoms. The highest BCUT2D eigenvalue weighted by molar-refractivity contribution is 5.73. The third-order valence-electron chi connectivity index (χ3n) is 5.23. The molecular weight excluding hydrogens is 396 g/mol. The number of H-pyrrole nitrogens is 1. The van der Waals surface area contributed by atoms with E-state index in [2.05, 4.69) is 66.8 Å². The standard InChI is InChI=1S/C27H34N4O/c1-6-16-30(19-20(3)4)24-10-8-23(9-11-24)29-25-12-13-26(31(17-7-2)21(25)5)22-14-15-28-27(32)18-22/h7-15,17-18,20,29H,5-6,16,19H2,1-4H3,(H,28,32)/b17-7-. The molecule has 32 heavy (non-hydrogen) atoms. The van der Waals surface area contributed by atoms with Gasteiger partial charge in [0, 0.05) is 48.5 Å². The van der Waals surface area contributed by atoms with Crippen molar-refractivity contribution < 1.29 is 0 Å². The normalized spacial score (nSPS) is 14.0. The molecule has 3 rings (SSSR count). The van der Waals surface area contributed by atoms with Gasteiger partial charge in [0.2, 0.25) is 5.56 Å². The Bertz CT molecular complexity index is 1070. The van der Waals surface area contributed by atoms with Gasteiger partial charge in [0.1, 0.15) is 0 Å². The monoisotopic (exact) mass is 430 g/mol. The van der Waals surface area contributed by atoms with Crippen molar-refractivity contribution in [2.45, 2.75) is 34.1 Å². The molecule has 0 radical (unpaired) electrons. The van der Waals surface area contributed by atoms with Crippen molar-refractivity contribution >= 4 is 17.1 Å². The fourth-order valence-corrected chi connectivity index (χ4v) is 3.83. The fraction of sp³-hybridized carbons (Fsp3) is 0.296. The average Bonchev–Trinajstić information content (AvgIpc) is 2.76. The highest BCUT2D eigenvalue weighted by Gasteiger charge is 2.20. The van der Waals surface area contributed by atoms with E-state index in [1.807, 2.05) is 42.3 Å². The van der Waals surface area contributed by atoms with Crippen molar-refractivity contribution in [3.63, 3.8) is 0 Å². The van der Waals surface area contributed by atoms with E-state index < -0.39 is 0 Å². The van der Waals surface area contributed by atoms with Crippen LogP contribution in [0, 0.1) is 5.92 Å². The molecular formula is C27H34N4O. The summed E-state index contributed by atoms with van der Waals surface area (Å²) < 4.78 is 0. The SMILES string of the molecule is C=C1C(Nc2ccc(N(CCC)CC(C)C)cc2)=CC=C(c2cc[nH]c(=O)c2)N1/C=C\C. The molecule has 1 aliphatic heterocycles. The summed E-state index contributed by atoms with van der Waals surface area (Å²) >= 11 is 0. The van der Waals surface area contributed by atoms with Gasteiger partial charge in [0.25, 0.3) is 0 Å². The molecule has 168 valence electrons. The molecule has 0 fully saturated rings. The molecule has 0 saturated heterocycles. The van der Waals surface area contributed by atoms with Crippen molar-refractivity contribution in [3.8, 4) is 0 Å². The maximum atomic E-state index is 11.8. The van der Waals surface area contributed by atoms with Crippen LogP contribution in [0.3, 0.4) is 0 Å². The van der Waals surface area contributed by atoms with Crippen LogP contribution in [0.4, 0.5) is 11.4 Å². The minimum Gasteiger partial charge on any atom is -0.371 e. The lowest BCUT2D eigenvalue weighted by Crippen LogP contribution is -2.28.